The zero-order valence-corrected chi connectivity index (χ0v) is 23.8. The lowest BCUT2D eigenvalue weighted by molar-refractivity contribution is -0.120. The van der Waals surface area contributed by atoms with Crippen LogP contribution in [0.1, 0.15) is 24.1 Å². The molecule has 3 aliphatic rings. The van der Waals surface area contributed by atoms with Crippen LogP contribution in [0.25, 0.3) is 5.69 Å². The van der Waals surface area contributed by atoms with Gasteiger partial charge in [0.1, 0.15) is 18.1 Å². The van der Waals surface area contributed by atoms with E-state index in [1.54, 1.807) is 27.7 Å². The Bertz CT molecular complexity index is 1620. The molecule has 1 atom stereocenters. The Morgan fingerprint density at radius 3 is 2.55 bits per heavy atom. The maximum Gasteiger partial charge on any atom is 0.251 e. The van der Waals surface area contributed by atoms with E-state index < -0.39 is 0 Å². The third-order valence-corrected chi connectivity index (χ3v) is 8.02. The zero-order valence-electron chi connectivity index (χ0n) is 23.8. The number of hydrogen-bond acceptors (Lipinski definition) is 10. The van der Waals surface area contributed by atoms with Crippen LogP contribution in [0.2, 0.25) is 0 Å². The zero-order chi connectivity index (χ0) is 28.8. The van der Waals surface area contributed by atoms with Crippen molar-refractivity contribution in [3.63, 3.8) is 0 Å². The van der Waals surface area contributed by atoms with E-state index in [0.717, 1.165) is 48.8 Å². The Kier molecular flexibility index (Phi) is 6.54. The lowest BCUT2D eigenvalue weighted by Gasteiger charge is -2.44. The number of hydrogen-bond donors (Lipinski definition) is 1. The van der Waals surface area contributed by atoms with E-state index in [4.69, 9.17) is 24.2 Å². The van der Waals surface area contributed by atoms with Crippen LogP contribution in [0.15, 0.2) is 55.0 Å². The first-order valence-corrected chi connectivity index (χ1v) is 13.9. The minimum atomic E-state index is -0.191. The Morgan fingerprint density at radius 2 is 1.81 bits per heavy atom. The number of imidazole rings is 1. The highest BCUT2D eigenvalue weighted by Crippen LogP contribution is 2.44. The van der Waals surface area contributed by atoms with Gasteiger partial charge >= 0.3 is 0 Å². The van der Waals surface area contributed by atoms with Crippen molar-refractivity contribution in [2.75, 3.05) is 49.7 Å². The number of amides is 1. The summed E-state index contributed by atoms with van der Waals surface area (Å²) in [5, 5.41) is 3.30. The normalized spacial score (nSPS) is 17.6. The van der Waals surface area contributed by atoms with Gasteiger partial charge in [-0.05, 0) is 18.4 Å². The number of methoxy groups -OCH3 is 3. The summed E-state index contributed by atoms with van der Waals surface area (Å²) in [6.07, 6.45) is 5.34. The number of carbonyl (C=O) groups excluding carboxylic acids is 1. The van der Waals surface area contributed by atoms with Crippen molar-refractivity contribution in [1.29, 1.82) is 0 Å². The number of nitrogens with zero attached hydrogens (tertiary/aromatic N) is 7. The lowest BCUT2D eigenvalue weighted by Crippen LogP contribution is -2.56. The fourth-order valence-corrected chi connectivity index (χ4v) is 6.11. The summed E-state index contributed by atoms with van der Waals surface area (Å²) < 4.78 is 18.3. The van der Waals surface area contributed by atoms with Crippen molar-refractivity contribution < 1.29 is 19.0 Å². The van der Waals surface area contributed by atoms with Crippen molar-refractivity contribution >= 4 is 29.2 Å². The van der Waals surface area contributed by atoms with Gasteiger partial charge in [0, 0.05) is 31.8 Å². The first-order chi connectivity index (χ1) is 20.6. The average Bonchev–Trinajstić information content (AvgIpc) is 3.70. The highest BCUT2D eigenvalue weighted by atomic mass is 16.5. The van der Waals surface area contributed by atoms with Gasteiger partial charge in [-0.25, -0.2) is 9.97 Å². The van der Waals surface area contributed by atoms with E-state index in [1.165, 1.54) is 5.56 Å². The first-order valence-electron chi connectivity index (χ1n) is 13.9. The smallest absolute Gasteiger partial charge is 0.251 e. The molecule has 3 aliphatic heterocycles. The fraction of sp³-hybridized carbons (Fsp3) is 0.333. The third-order valence-electron chi connectivity index (χ3n) is 8.02. The topological polar surface area (TPSA) is 110 Å². The number of carbonyl (C=O) groups is 1. The van der Waals surface area contributed by atoms with Gasteiger partial charge in [-0.15, -0.1) is 0 Å². The molecule has 2 aromatic heterocycles. The van der Waals surface area contributed by atoms with Gasteiger partial charge in [0.25, 0.3) is 5.91 Å². The van der Waals surface area contributed by atoms with Crippen LogP contribution in [0.3, 0.4) is 0 Å². The molecule has 0 spiro atoms. The molecular weight excluding hydrogens is 536 g/mol. The molecule has 1 N–H and O–H groups in total. The van der Waals surface area contributed by atoms with Crippen molar-refractivity contribution in [2.45, 2.75) is 32.0 Å². The molecular formula is C30H32N8O4. The van der Waals surface area contributed by atoms with Crippen LogP contribution in [0.5, 0.6) is 17.2 Å². The van der Waals surface area contributed by atoms with Gasteiger partial charge < -0.3 is 29.0 Å². The second-order valence-corrected chi connectivity index (χ2v) is 10.6. The van der Waals surface area contributed by atoms with Crippen molar-refractivity contribution in [1.82, 2.24) is 24.4 Å². The van der Waals surface area contributed by atoms with E-state index in [0.29, 0.717) is 42.2 Å². The third kappa shape index (κ3) is 4.44. The summed E-state index contributed by atoms with van der Waals surface area (Å²) in [4.78, 5) is 34.3. The number of nitrogens with one attached hydrogen (secondary N) is 1. The van der Waals surface area contributed by atoms with Gasteiger partial charge in [0.2, 0.25) is 11.7 Å². The second kappa shape index (κ2) is 10.5. The molecule has 1 fully saturated rings. The monoisotopic (exact) mass is 568 g/mol. The van der Waals surface area contributed by atoms with Gasteiger partial charge in [-0.2, -0.15) is 4.98 Å². The maximum atomic E-state index is 13.6. The molecule has 12 heteroatoms. The van der Waals surface area contributed by atoms with Crippen molar-refractivity contribution in [3.05, 3.63) is 66.2 Å². The summed E-state index contributed by atoms with van der Waals surface area (Å²) in [6.45, 7) is 2.65. The summed E-state index contributed by atoms with van der Waals surface area (Å²) in [6, 6.07) is 13.8. The molecule has 0 saturated carbocycles. The fourth-order valence-electron chi connectivity index (χ4n) is 6.11. The summed E-state index contributed by atoms with van der Waals surface area (Å²) in [5.41, 5.74) is 3.64. The first kappa shape index (κ1) is 26.1. The quantitative estimate of drug-likeness (QED) is 0.338. The van der Waals surface area contributed by atoms with E-state index in [2.05, 4.69) is 32.2 Å². The molecule has 0 aliphatic carbocycles. The number of rotatable bonds is 8. The molecule has 216 valence electrons. The van der Waals surface area contributed by atoms with Crippen LogP contribution in [0.4, 0.5) is 23.3 Å². The molecule has 0 unspecified atom stereocenters. The molecule has 1 saturated heterocycles. The largest absolute Gasteiger partial charge is 0.493 e. The number of fused-ring (bicyclic) bond motifs is 2. The molecule has 1 amide bonds. The summed E-state index contributed by atoms with van der Waals surface area (Å²) in [5.74, 6) is 3.58. The molecule has 7 rings (SSSR count). The minimum absolute atomic E-state index is 0.132. The van der Waals surface area contributed by atoms with E-state index in [-0.39, 0.29) is 11.9 Å². The van der Waals surface area contributed by atoms with Gasteiger partial charge in [-0.3, -0.25) is 14.6 Å². The Balaban J connectivity index is 1.22. The summed E-state index contributed by atoms with van der Waals surface area (Å²) >= 11 is 0. The van der Waals surface area contributed by atoms with Crippen LogP contribution in [-0.4, -0.2) is 70.9 Å². The second-order valence-electron chi connectivity index (χ2n) is 10.6. The molecule has 0 bridgehead atoms. The molecule has 2 aromatic carbocycles. The average molecular weight is 569 g/mol. The molecule has 4 aromatic rings. The predicted octanol–water partition coefficient (Wildman–Crippen LogP) is 3.72. The minimum Gasteiger partial charge on any atom is -0.493 e. The van der Waals surface area contributed by atoms with Crippen LogP contribution < -0.4 is 29.3 Å². The van der Waals surface area contributed by atoms with E-state index in [1.807, 2.05) is 46.0 Å². The summed E-state index contributed by atoms with van der Waals surface area (Å²) in [7, 11) is 4.75. The molecule has 5 heterocycles. The Morgan fingerprint density at radius 1 is 1.02 bits per heavy atom. The van der Waals surface area contributed by atoms with Gasteiger partial charge in [-0.1, -0.05) is 30.3 Å². The van der Waals surface area contributed by atoms with Crippen LogP contribution in [0, 0.1) is 0 Å². The lowest BCUT2D eigenvalue weighted by atomic mass is 10.1. The number of aromatic nitrogens is 4. The van der Waals surface area contributed by atoms with Gasteiger partial charge in [0.05, 0.1) is 45.6 Å². The van der Waals surface area contributed by atoms with Crippen LogP contribution >= 0.6 is 0 Å². The van der Waals surface area contributed by atoms with Crippen LogP contribution in [-0.2, 0) is 17.9 Å². The van der Waals surface area contributed by atoms with E-state index >= 15 is 0 Å². The molecule has 42 heavy (non-hydrogen) atoms. The van der Waals surface area contributed by atoms with Gasteiger partial charge in [0.15, 0.2) is 23.1 Å². The maximum absolute atomic E-state index is 13.6. The number of benzene rings is 2. The Labute approximate surface area is 243 Å². The molecule has 0 radical (unpaired) electrons. The SMILES string of the molecule is COc1cc(-n2cnc(Nc3nc4c5c(n3)N3CCC[C@H]3C(=O)N5CN(Cc3ccccc3)C4)c2)cc(OC)c1OC. The Hall–Kier alpha value is -4.84. The van der Waals surface area contributed by atoms with Crippen molar-refractivity contribution in [2.24, 2.45) is 0 Å². The standard InChI is InChI=1S/C30H32N8O4/c1-40-23-12-20(13-24(41-2)27(23)42-3)36-16-25(31-17-36)33-30-32-21-15-35(14-19-8-5-4-6-9-19)18-38-26(21)28(34-30)37-11-7-10-22(37)29(38)39/h4-6,8-9,12-13,16-17,22H,7,10-11,14-15,18H2,1-3H3,(H,32,33,34)/t22-/m0/s1. The van der Waals surface area contributed by atoms with E-state index in [9.17, 15) is 4.79 Å². The highest BCUT2D eigenvalue weighted by molar-refractivity contribution is 6.06. The number of ether oxygens (including phenoxy) is 3. The molecule has 12 nitrogen and oxygen atoms in total. The number of anilines is 4. The predicted molar refractivity (Wildman–Crippen MR) is 157 cm³/mol. The highest BCUT2D eigenvalue weighted by Gasteiger charge is 2.45. The van der Waals surface area contributed by atoms with Crippen molar-refractivity contribution in [3.8, 4) is 22.9 Å².